The highest BCUT2D eigenvalue weighted by Crippen LogP contribution is 2.14. The van der Waals surface area contributed by atoms with E-state index in [1.165, 1.54) is 0 Å². The summed E-state index contributed by atoms with van der Waals surface area (Å²) in [5.41, 5.74) is -1.11. The van der Waals surface area contributed by atoms with Gasteiger partial charge in [-0.15, -0.1) is 0 Å². The summed E-state index contributed by atoms with van der Waals surface area (Å²) in [6.07, 6.45) is -0.708. The Balaban J connectivity index is 2.78. The summed E-state index contributed by atoms with van der Waals surface area (Å²) in [5.74, 6) is -1.05. The molecule has 9 nitrogen and oxygen atoms in total. The molecule has 0 radical (unpaired) electrons. The van der Waals surface area contributed by atoms with Gasteiger partial charge in [-0.3, -0.25) is 5.32 Å². The number of amides is 1. The molecule has 0 unspecified atom stereocenters. The standard InChI is InChI=1S/C10H14N4O5S/c1-10(2,3)19-9(16)12-8-11-6(14-20-8)5(13-17)7(15)18-4/h17H,1-4H3,(H,11,12,14,16). The Morgan fingerprint density at radius 1 is 1.40 bits per heavy atom. The van der Waals surface area contributed by atoms with E-state index in [1.807, 2.05) is 0 Å². The minimum atomic E-state index is -0.894. The average Bonchev–Trinajstić information content (AvgIpc) is 2.75. The van der Waals surface area contributed by atoms with E-state index in [4.69, 9.17) is 9.94 Å². The first-order valence-corrected chi connectivity index (χ1v) is 6.18. The third-order valence-electron chi connectivity index (χ3n) is 1.72. The van der Waals surface area contributed by atoms with Crippen molar-refractivity contribution < 1.29 is 24.3 Å². The van der Waals surface area contributed by atoms with Gasteiger partial charge in [0.15, 0.2) is 0 Å². The fraction of sp³-hybridized carbons (Fsp3) is 0.500. The van der Waals surface area contributed by atoms with Crippen LogP contribution in [0.25, 0.3) is 0 Å². The lowest BCUT2D eigenvalue weighted by Gasteiger charge is -2.18. The molecule has 0 aliphatic heterocycles. The van der Waals surface area contributed by atoms with Crippen LogP contribution in [-0.2, 0) is 14.3 Å². The van der Waals surface area contributed by atoms with E-state index in [0.29, 0.717) is 0 Å². The maximum absolute atomic E-state index is 11.5. The number of carbonyl (C=O) groups excluding carboxylic acids is 2. The molecule has 10 heteroatoms. The van der Waals surface area contributed by atoms with E-state index in [9.17, 15) is 9.59 Å². The van der Waals surface area contributed by atoms with Crippen LogP contribution in [0.1, 0.15) is 26.6 Å². The molecular formula is C10H14N4O5S. The molecule has 1 heterocycles. The van der Waals surface area contributed by atoms with E-state index >= 15 is 0 Å². The third-order valence-corrected chi connectivity index (χ3v) is 2.35. The van der Waals surface area contributed by atoms with Gasteiger partial charge in [0, 0.05) is 11.5 Å². The fourth-order valence-corrected chi connectivity index (χ4v) is 1.59. The SMILES string of the molecule is COC(=O)C(=NO)c1nsc(NC(=O)OC(C)(C)C)n1. The van der Waals surface area contributed by atoms with Gasteiger partial charge in [0.2, 0.25) is 16.7 Å². The molecule has 1 amide bonds. The van der Waals surface area contributed by atoms with Crippen LogP contribution in [0.2, 0.25) is 0 Å². The zero-order valence-corrected chi connectivity index (χ0v) is 12.1. The average molecular weight is 302 g/mol. The Hall–Kier alpha value is -2.23. The van der Waals surface area contributed by atoms with E-state index < -0.39 is 23.4 Å². The van der Waals surface area contributed by atoms with Crippen molar-refractivity contribution in [2.24, 2.45) is 5.16 Å². The van der Waals surface area contributed by atoms with Gasteiger partial charge in [-0.05, 0) is 20.8 Å². The van der Waals surface area contributed by atoms with Gasteiger partial charge in [-0.2, -0.15) is 9.36 Å². The highest BCUT2D eigenvalue weighted by atomic mass is 32.1. The van der Waals surface area contributed by atoms with Crippen molar-refractivity contribution in [2.45, 2.75) is 26.4 Å². The minimum absolute atomic E-state index is 0.0966. The molecule has 0 spiro atoms. The molecular weight excluding hydrogens is 288 g/mol. The first-order chi connectivity index (χ1) is 9.26. The largest absolute Gasteiger partial charge is 0.464 e. The van der Waals surface area contributed by atoms with Gasteiger partial charge >= 0.3 is 12.1 Å². The fourth-order valence-electron chi connectivity index (χ4n) is 1.03. The van der Waals surface area contributed by atoms with Gasteiger partial charge in [-0.25, -0.2) is 9.59 Å². The highest BCUT2D eigenvalue weighted by Gasteiger charge is 2.22. The van der Waals surface area contributed by atoms with Crippen molar-refractivity contribution in [2.75, 3.05) is 12.4 Å². The van der Waals surface area contributed by atoms with Crippen LogP contribution in [0.5, 0.6) is 0 Å². The molecule has 0 bridgehead atoms. The Kier molecular flexibility index (Phi) is 4.97. The number of methoxy groups -OCH3 is 1. The van der Waals surface area contributed by atoms with Crippen LogP contribution in [0.4, 0.5) is 9.93 Å². The summed E-state index contributed by atoms with van der Waals surface area (Å²) in [6.45, 7) is 5.14. The molecule has 0 aromatic carbocycles. The molecule has 0 aliphatic rings. The molecule has 0 saturated carbocycles. The minimum Gasteiger partial charge on any atom is -0.464 e. The first kappa shape index (κ1) is 15.8. The number of oxime groups is 1. The van der Waals surface area contributed by atoms with Crippen molar-refractivity contribution >= 4 is 34.4 Å². The van der Waals surface area contributed by atoms with E-state index in [1.54, 1.807) is 20.8 Å². The summed E-state index contributed by atoms with van der Waals surface area (Å²) >= 11 is 0.803. The zero-order chi connectivity index (χ0) is 15.3. The van der Waals surface area contributed by atoms with Gasteiger partial charge < -0.3 is 14.7 Å². The Bertz CT molecular complexity index is 534. The predicted molar refractivity (Wildman–Crippen MR) is 70.1 cm³/mol. The summed E-state index contributed by atoms with van der Waals surface area (Å²) in [5, 5.41) is 13.9. The number of hydrogen-bond donors (Lipinski definition) is 2. The van der Waals surface area contributed by atoms with E-state index in [0.717, 1.165) is 18.6 Å². The molecule has 2 N–H and O–H groups in total. The third kappa shape index (κ3) is 4.46. The molecule has 20 heavy (non-hydrogen) atoms. The van der Waals surface area contributed by atoms with Crippen LogP contribution >= 0.6 is 11.5 Å². The van der Waals surface area contributed by atoms with Gasteiger partial charge in [-0.1, -0.05) is 5.16 Å². The van der Waals surface area contributed by atoms with Crippen molar-refractivity contribution in [3.8, 4) is 0 Å². The Morgan fingerprint density at radius 3 is 2.55 bits per heavy atom. The van der Waals surface area contributed by atoms with Crippen LogP contribution in [0, 0.1) is 0 Å². The Labute approximate surface area is 118 Å². The normalized spacial score (nSPS) is 11.9. The van der Waals surface area contributed by atoms with Crippen molar-refractivity contribution in [1.29, 1.82) is 0 Å². The maximum Gasteiger partial charge on any atom is 0.414 e. The zero-order valence-electron chi connectivity index (χ0n) is 11.3. The second-order valence-corrected chi connectivity index (χ2v) is 5.24. The molecule has 0 fully saturated rings. The van der Waals surface area contributed by atoms with Gasteiger partial charge in [0.25, 0.3) is 0 Å². The number of esters is 1. The molecule has 0 aliphatic carbocycles. The van der Waals surface area contributed by atoms with Crippen LogP contribution in [-0.4, -0.2) is 45.0 Å². The van der Waals surface area contributed by atoms with Gasteiger partial charge in [0.05, 0.1) is 7.11 Å². The van der Waals surface area contributed by atoms with Crippen molar-refractivity contribution in [1.82, 2.24) is 9.36 Å². The summed E-state index contributed by atoms with van der Waals surface area (Å²) in [6, 6.07) is 0. The first-order valence-electron chi connectivity index (χ1n) is 5.41. The molecule has 1 aromatic rings. The summed E-state index contributed by atoms with van der Waals surface area (Å²) < 4.78 is 13.2. The highest BCUT2D eigenvalue weighted by molar-refractivity contribution is 7.10. The Morgan fingerprint density at radius 2 is 2.05 bits per heavy atom. The monoisotopic (exact) mass is 302 g/mol. The lowest BCUT2D eigenvalue weighted by molar-refractivity contribution is -0.132. The number of ether oxygens (including phenoxy) is 2. The second-order valence-electron chi connectivity index (χ2n) is 4.49. The van der Waals surface area contributed by atoms with Crippen molar-refractivity contribution in [3.63, 3.8) is 0 Å². The number of rotatable bonds is 3. The summed E-state index contributed by atoms with van der Waals surface area (Å²) in [4.78, 5) is 26.6. The lowest BCUT2D eigenvalue weighted by Crippen LogP contribution is -2.27. The number of hydrogen-bond acceptors (Lipinski definition) is 9. The second kappa shape index (κ2) is 6.28. The molecule has 1 rings (SSSR count). The van der Waals surface area contributed by atoms with E-state index in [2.05, 4.69) is 24.6 Å². The molecule has 110 valence electrons. The number of nitrogens with one attached hydrogen (secondary N) is 1. The van der Waals surface area contributed by atoms with E-state index in [-0.39, 0.29) is 11.0 Å². The number of aromatic nitrogens is 2. The smallest absolute Gasteiger partial charge is 0.414 e. The number of carbonyl (C=O) groups is 2. The number of nitrogens with zero attached hydrogens (tertiary/aromatic N) is 3. The van der Waals surface area contributed by atoms with Crippen LogP contribution in [0.3, 0.4) is 0 Å². The van der Waals surface area contributed by atoms with Crippen LogP contribution in [0.15, 0.2) is 5.16 Å². The summed E-state index contributed by atoms with van der Waals surface area (Å²) in [7, 11) is 1.12. The molecule has 1 aromatic heterocycles. The lowest BCUT2D eigenvalue weighted by atomic mass is 10.2. The van der Waals surface area contributed by atoms with Gasteiger partial charge in [0.1, 0.15) is 5.60 Å². The molecule has 0 saturated heterocycles. The topological polar surface area (TPSA) is 123 Å². The van der Waals surface area contributed by atoms with Crippen LogP contribution < -0.4 is 5.32 Å². The maximum atomic E-state index is 11.5. The number of anilines is 1. The quantitative estimate of drug-likeness (QED) is 0.372. The predicted octanol–water partition coefficient (Wildman–Crippen LogP) is 1.24. The molecule has 0 atom stereocenters. The van der Waals surface area contributed by atoms with Crippen molar-refractivity contribution in [3.05, 3.63) is 5.82 Å².